The van der Waals surface area contributed by atoms with E-state index in [0.717, 1.165) is 0 Å². The van der Waals surface area contributed by atoms with Crippen molar-refractivity contribution in [2.45, 2.75) is 19.4 Å². The van der Waals surface area contributed by atoms with Gasteiger partial charge in [-0.25, -0.2) is 4.39 Å². The first kappa shape index (κ1) is 16.6. The first-order valence-electron chi connectivity index (χ1n) is 7.74. The lowest BCUT2D eigenvalue weighted by Crippen LogP contribution is -2.39. The zero-order valence-electron chi connectivity index (χ0n) is 13.6. The Morgan fingerprint density at radius 2 is 1.96 bits per heavy atom. The molecule has 0 saturated heterocycles. The molecule has 6 nitrogen and oxygen atoms in total. The van der Waals surface area contributed by atoms with Crippen molar-refractivity contribution in [3.05, 3.63) is 59.9 Å². The van der Waals surface area contributed by atoms with E-state index in [9.17, 15) is 14.0 Å². The maximum Gasteiger partial charge on any atom is 0.271 e. The van der Waals surface area contributed by atoms with Crippen LogP contribution in [0.4, 0.5) is 15.8 Å². The molecule has 1 aliphatic rings. The van der Waals surface area contributed by atoms with Gasteiger partial charge >= 0.3 is 0 Å². The van der Waals surface area contributed by atoms with Gasteiger partial charge in [0, 0.05) is 12.1 Å². The minimum absolute atomic E-state index is 0.107. The number of hydrogen-bond acceptors (Lipinski definition) is 4. The molecule has 3 rings (SSSR count). The maximum atomic E-state index is 13.2. The molecule has 0 aliphatic carbocycles. The van der Waals surface area contributed by atoms with Crippen LogP contribution in [-0.4, -0.2) is 23.6 Å². The molecule has 2 amide bonds. The van der Waals surface area contributed by atoms with Crippen LogP contribution in [0.2, 0.25) is 0 Å². The van der Waals surface area contributed by atoms with E-state index in [1.807, 2.05) is 18.2 Å². The van der Waals surface area contributed by atoms with Gasteiger partial charge in [-0.05, 0) is 42.8 Å². The maximum absolute atomic E-state index is 13.2. The number of benzene rings is 2. The Labute approximate surface area is 144 Å². The average Bonchev–Trinajstić information content (AvgIpc) is 3.04. The van der Waals surface area contributed by atoms with Crippen LogP contribution in [0.1, 0.15) is 12.0 Å². The molecule has 0 saturated carbocycles. The highest BCUT2D eigenvalue weighted by atomic mass is 19.1. The zero-order chi connectivity index (χ0) is 18.0. The van der Waals surface area contributed by atoms with Crippen molar-refractivity contribution < 1.29 is 14.0 Å². The molecule has 25 heavy (non-hydrogen) atoms. The van der Waals surface area contributed by atoms with Gasteiger partial charge in [-0.2, -0.15) is 5.10 Å². The Morgan fingerprint density at radius 3 is 2.60 bits per heavy atom. The van der Waals surface area contributed by atoms with Crippen molar-refractivity contribution in [2.75, 3.05) is 10.3 Å². The third kappa shape index (κ3) is 3.50. The van der Waals surface area contributed by atoms with Crippen LogP contribution < -0.4 is 16.1 Å². The van der Waals surface area contributed by atoms with Crippen LogP contribution in [0.5, 0.6) is 0 Å². The Morgan fingerprint density at radius 1 is 1.24 bits per heavy atom. The number of nitrogens with zero attached hydrogens (tertiary/aromatic N) is 2. The minimum atomic E-state index is -0.725. The highest BCUT2D eigenvalue weighted by Gasteiger charge is 2.35. The quantitative estimate of drug-likeness (QED) is 0.894. The number of rotatable bonds is 4. The van der Waals surface area contributed by atoms with Gasteiger partial charge in [0.15, 0.2) is 0 Å². The zero-order valence-corrected chi connectivity index (χ0v) is 13.6. The molecule has 128 valence electrons. The number of carbonyl (C=O) groups is 2. The number of amides is 2. The molecule has 7 heteroatoms. The highest BCUT2D eigenvalue weighted by Crippen LogP contribution is 2.25. The molecular weight excluding hydrogens is 323 g/mol. The van der Waals surface area contributed by atoms with Crippen LogP contribution in [0.15, 0.2) is 53.6 Å². The number of hydrogen-bond donors (Lipinski definition) is 2. The molecule has 0 fully saturated rings. The van der Waals surface area contributed by atoms with Crippen LogP contribution >= 0.6 is 0 Å². The van der Waals surface area contributed by atoms with E-state index >= 15 is 0 Å². The number of nitrogens with one attached hydrogen (secondary N) is 1. The standard InChI is InChI=1S/C18H17FN4O2/c1-11-9-12(19)7-8-14(11)21-18(25)15-10-16(17(20)24)23(22-15)13-5-3-2-4-6-13/h2-9,16H,10H2,1H3,(H2,20,24)(H,21,25). The molecule has 0 bridgehead atoms. The summed E-state index contributed by atoms with van der Waals surface area (Å²) in [7, 11) is 0. The smallest absolute Gasteiger partial charge is 0.271 e. The van der Waals surface area contributed by atoms with Crippen molar-refractivity contribution >= 4 is 28.9 Å². The van der Waals surface area contributed by atoms with E-state index in [-0.39, 0.29) is 17.9 Å². The first-order chi connectivity index (χ1) is 12.0. The molecule has 0 spiro atoms. The number of nitrogens with two attached hydrogens (primary N) is 1. The Kier molecular flexibility index (Phi) is 4.47. The second-order valence-corrected chi connectivity index (χ2v) is 5.76. The second kappa shape index (κ2) is 6.72. The summed E-state index contributed by atoms with van der Waals surface area (Å²) in [5.74, 6) is -1.38. The number of halogens is 1. The SMILES string of the molecule is Cc1cc(F)ccc1NC(=O)C1=NN(c2ccccc2)C(C(N)=O)C1. The van der Waals surface area contributed by atoms with Gasteiger partial charge < -0.3 is 11.1 Å². The molecule has 2 aromatic rings. The van der Waals surface area contributed by atoms with Gasteiger partial charge in [0.1, 0.15) is 17.6 Å². The molecule has 1 heterocycles. The lowest BCUT2D eigenvalue weighted by atomic mass is 10.1. The number of para-hydroxylation sites is 1. The summed E-state index contributed by atoms with van der Waals surface area (Å²) in [6, 6.07) is 12.4. The Balaban J connectivity index is 1.84. The van der Waals surface area contributed by atoms with Crippen LogP contribution in [0.25, 0.3) is 0 Å². The van der Waals surface area contributed by atoms with Crippen LogP contribution in [0, 0.1) is 12.7 Å². The third-order valence-corrected chi connectivity index (χ3v) is 3.96. The first-order valence-corrected chi connectivity index (χ1v) is 7.74. The minimum Gasteiger partial charge on any atom is -0.368 e. The monoisotopic (exact) mass is 340 g/mol. The second-order valence-electron chi connectivity index (χ2n) is 5.76. The number of primary amides is 1. The van der Waals surface area contributed by atoms with Crippen molar-refractivity contribution in [1.29, 1.82) is 0 Å². The topological polar surface area (TPSA) is 87.8 Å². The van der Waals surface area contributed by atoms with Crippen molar-refractivity contribution in [3.8, 4) is 0 Å². The molecule has 1 atom stereocenters. The van der Waals surface area contributed by atoms with E-state index in [0.29, 0.717) is 16.9 Å². The predicted molar refractivity (Wildman–Crippen MR) is 93.7 cm³/mol. The fourth-order valence-electron chi connectivity index (χ4n) is 2.65. The lowest BCUT2D eigenvalue weighted by molar-refractivity contribution is -0.119. The van der Waals surface area contributed by atoms with E-state index in [1.54, 1.807) is 19.1 Å². The number of carbonyl (C=O) groups excluding carboxylic acids is 2. The van der Waals surface area contributed by atoms with Crippen LogP contribution in [0.3, 0.4) is 0 Å². The van der Waals surface area contributed by atoms with Gasteiger partial charge in [-0.15, -0.1) is 0 Å². The van der Waals surface area contributed by atoms with E-state index in [1.165, 1.54) is 23.2 Å². The molecule has 0 aromatic heterocycles. The Bertz CT molecular complexity index is 851. The van der Waals surface area contributed by atoms with Crippen LogP contribution in [-0.2, 0) is 9.59 Å². The predicted octanol–water partition coefficient (Wildman–Crippen LogP) is 2.19. The summed E-state index contributed by atoms with van der Waals surface area (Å²) in [6.07, 6.45) is 0.107. The van der Waals surface area contributed by atoms with Gasteiger partial charge in [0.25, 0.3) is 5.91 Å². The molecule has 0 radical (unpaired) electrons. The van der Waals surface area contributed by atoms with E-state index in [4.69, 9.17) is 5.73 Å². The lowest BCUT2D eigenvalue weighted by Gasteiger charge is -2.20. The summed E-state index contributed by atoms with van der Waals surface area (Å²) < 4.78 is 13.2. The number of anilines is 2. The van der Waals surface area contributed by atoms with E-state index in [2.05, 4.69) is 10.4 Å². The van der Waals surface area contributed by atoms with Crippen molar-refractivity contribution in [2.24, 2.45) is 10.8 Å². The fraction of sp³-hybridized carbons (Fsp3) is 0.167. The summed E-state index contributed by atoms with van der Waals surface area (Å²) in [4.78, 5) is 24.2. The Hall–Kier alpha value is -3.22. The van der Waals surface area contributed by atoms with Gasteiger partial charge in [-0.3, -0.25) is 14.6 Å². The summed E-state index contributed by atoms with van der Waals surface area (Å²) >= 11 is 0. The van der Waals surface area contributed by atoms with Crippen molar-refractivity contribution in [3.63, 3.8) is 0 Å². The number of hydrazone groups is 1. The summed E-state index contributed by atoms with van der Waals surface area (Å²) in [5.41, 5.74) is 7.40. The number of aryl methyl sites for hydroxylation is 1. The normalized spacial score (nSPS) is 16.5. The van der Waals surface area contributed by atoms with Crippen molar-refractivity contribution in [1.82, 2.24) is 0 Å². The highest BCUT2D eigenvalue weighted by molar-refractivity contribution is 6.44. The van der Waals surface area contributed by atoms with Gasteiger partial charge in [-0.1, -0.05) is 18.2 Å². The van der Waals surface area contributed by atoms with E-state index < -0.39 is 17.9 Å². The molecular formula is C18H17FN4O2. The van der Waals surface area contributed by atoms with Gasteiger partial charge in [0.05, 0.1) is 5.69 Å². The largest absolute Gasteiger partial charge is 0.368 e. The summed E-state index contributed by atoms with van der Waals surface area (Å²) in [5, 5.41) is 8.42. The molecule has 2 aromatic carbocycles. The molecule has 1 aliphatic heterocycles. The average molecular weight is 340 g/mol. The third-order valence-electron chi connectivity index (χ3n) is 3.96. The molecule has 3 N–H and O–H groups in total. The molecule has 1 unspecified atom stereocenters. The summed E-state index contributed by atoms with van der Waals surface area (Å²) in [6.45, 7) is 1.69. The fourth-order valence-corrected chi connectivity index (χ4v) is 2.65. The van der Waals surface area contributed by atoms with Gasteiger partial charge in [0.2, 0.25) is 5.91 Å².